The second-order valence-electron chi connectivity index (χ2n) is 3.61. The van der Waals surface area contributed by atoms with E-state index in [1.165, 1.54) is 7.05 Å². The molecule has 14 heavy (non-hydrogen) atoms. The lowest BCUT2D eigenvalue weighted by Crippen LogP contribution is -2.37. The minimum atomic E-state index is -3.63. The van der Waals surface area contributed by atoms with Crippen molar-refractivity contribution >= 4 is 10.0 Å². The molecule has 0 amide bonds. The van der Waals surface area contributed by atoms with Gasteiger partial charge in [-0.3, -0.25) is 0 Å². The van der Waals surface area contributed by atoms with Crippen LogP contribution in [0.1, 0.15) is 13.8 Å². The largest absolute Gasteiger partial charge is 0.399 e. The molecule has 1 heterocycles. The van der Waals surface area contributed by atoms with Gasteiger partial charge in [0, 0.05) is 7.05 Å². The monoisotopic (exact) mass is 215 g/mol. The Morgan fingerprint density at radius 1 is 1.57 bits per heavy atom. The average molecular weight is 215 g/mol. The van der Waals surface area contributed by atoms with Gasteiger partial charge in [-0.25, -0.2) is 8.42 Å². The standard InChI is InChI=1S/C8H13N3O2S/c1-5(2)8-7(10)6(4-9)14(12,13)11(8)3/h5,8H,10H2,1-3H3. The number of hydrogen-bond acceptors (Lipinski definition) is 4. The molecule has 1 rings (SSSR count). The predicted octanol–water partition coefficient (Wildman–Crippen LogP) is -0.0199. The smallest absolute Gasteiger partial charge is 0.255 e. The second-order valence-corrected chi connectivity index (χ2v) is 5.54. The van der Waals surface area contributed by atoms with E-state index in [0.717, 1.165) is 4.31 Å². The van der Waals surface area contributed by atoms with Crippen molar-refractivity contribution in [3.63, 3.8) is 0 Å². The van der Waals surface area contributed by atoms with E-state index in [-0.39, 0.29) is 16.5 Å². The Bertz CT molecular complexity index is 416. The summed E-state index contributed by atoms with van der Waals surface area (Å²) in [6.07, 6.45) is 0. The fourth-order valence-corrected chi connectivity index (χ4v) is 3.15. The molecule has 0 fully saturated rings. The van der Waals surface area contributed by atoms with Crippen molar-refractivity contribution in [1.82, 2.24) is 4.31 Å². The Hall–Kier alpha value is -1.06. The lowest BCUT2D eigenvalue weighted by atomic mass is 10.0. The van der Waals surface area contributed by atoms with Gasteiger partial charge >= 0.3 is 0 Å². The van der Waals surface area contributed by atoms with Crippen LogP contribution < -0.4 is 5.73 Å². The van der Waals surface area contributed by atoms with Crippen LogP contribution >= 0.6 is 0 Å². The maximum absolute atomic E-state index is 11.6. The minimum Gasteiger partial charge on any atom is -0.399 e. The Morgan fingerprint density at radius 2 is 2.07 bits per heavy atom. The highest BCUT2D eigenvalue weighted by atomic mass is 32.2. The van der Waals surface area contributed by atoms with Gasteiger partial charge in [0.25, 0.3) is 10.0 Å². The Kier molecular flexibility index (Phi) is 2.56. The molecule has 6 heteroatoms. The van der Waals surface area contributed by atoms with E-state index in [0.29, 0.717) is 0 Å². The molecule has 0 saturated heterocycles. The Labute approximate surface area is 83.9 Å². The number of allylic oxidation sites excluding steroid dienone is 1. The summed E-state index contributed by atoms with van der Waals surface area (Å²) >= 11 is 0. The molecule has 5 nitrogen and oxygen atoms in total. The third kappa shape index (κ3) is 1.29. The molecule has 0 aliphatic carbocycles. The van der Waals surface area contributed by atoms with E-state index in [2.05, 4.69) is 0 Å². The number of hydrogen-bond donors (Lipinski definition) is 1. The highest BCUT2D eigenvalue weighted by molar-refractivity contribution is 7.93. The van der Waals surface area contributed by atoms with Crippen LogP contribution in [-0.2, 0) is 10.0 Å². The molecule has 0 saturated carbocycles. The van der Waals surface area contributed by atoms with Gasteiger partial charge in [0.05, 0.1) is 11.7 Å². The summed E-state index contributed by atoms with van der Waals surface area (Å²) in [7, 11) is -2.19. The highest BCUT2D eigenvalue weighted by Crippen LogP contribution is 2.31. The van der Waals surface area contributed by atoms with Crippen LogP contribution in [0, 0.1) is 17.2 Å². The lowest BCUT2D eigenvalue weighted by Gasteiger charge is -2.22. The number of likely N-dealkylation sites (N-methyl/N-ethyl adjacent to an activating group) is 1. The third-order valence-corrected chi connectivity index (χ3v) is 4.17. The summed E-state index contributed by atoms with van der Waals surface area (Å²) in [6, 6.07) is 1.25. The van der Waals surface area contributed by atoms with Gasteiger partial charge < -0.3 is 5.73 Å². The number of sulfonamides is 1. The van der Waals surface area contributed by atoms with Crippen molar-refractivity contribution in [2.75, 3.05) is 7.05 Å². The summed E-state index contributed by atoms with van der Waals surface area (Å²) < 4.78 is 24.4. The molecule has 1 aliphatic heterocycles. The fourth-order valence-electron chi connectivity index (χ4n) is 1.67. The van der Waals surface area contributed by atoms with Crippen LogP contribution in [0.2, 0.25) is 0 Å². The zero-order valence-corrected chi connectivity index (χ0v) is 9.17. The third-order valence-electron chi connectivity index (χ3n) is 2.34. The molecular formula is C8H13N3O2S. The van der Waals surface area contributed by atoms with E-state index < -0.39 is 16.1 Å². The van der Waals surface area contributed by atoms with Crippen LogP contribution in [0.5, 0.6) is 0 Å². The quantitative estimate of drug-likeness (QED) is 0.666. The molecule has 0 aromatic heterocycles. The van der Waals surface area contributed by atoms with Crippen molar-refractivity contribution < 1.29 is 8.42 Å². The average Bonchev–Trinajstić information content (AvgIpc) is 2.19. The van der Waals surface area contributed by atoms with E-state index in [1.54, 1.807) is 6.07 Å². The summed E-state index contributed by atoms with van der Waals surface area (Å²) in [5, 5.41) is 8.70. The first kappa shape index (κ1) is 11.0. The zero-order chi connectivity index (χ0) is 11.1. The van der Waals surface area contributed by atoms with Crippen LogP contribution in [0.15, 0.2) is 10.6 Å². The highest BCUT2D eigenvalue weighted by Gasteiger charge is 2.42. The first-order valence-electron chi connectivity index (χ1n) is 4.21. The van der Waals surface area contributed by atoms with Crippen LogP contribution in [-0.4, -0.2) is 25.8 Å². The van der Waals surface area contributed by atoms with Gasteiger partial charge in [-0.1, -0.05) is 13.8 Å². The van der Waals surface area contributed by atoms with Crippen LogP contribution in [0.4, 0.5) is 0 Å². The molecule has 78 valence electrons. The van der Waals surface area contributed by atoms with Gasteiger partial charge in [0.1, 0.15) is 6.07 Å². The van der Waals surface area contributed by atoms with Gasteiger partial charge in [0.15, 0.2) is 4.91 Å². The van der Waals surface area contributed by atoms with Crippen molar-refractivity contribution in [2.45, 2.75) is 19.9 Å². The van der Waals surface area contributed by atoms with Crippen molar-refractivity contribution in [3.05, 3.63) is 10.6 Å². The lowest BCUT2D eigenvalue weighted by molar-refractivity contribution is 0.344. The van der Waals surface area contributed by atoms with Crippen LogP contribution in [0.25, 0.3) is 0 Å². The molecule has 1 aliphatic rings. The van der Waals surface area contributed by atoms with Crippen LogP contribution in [0.3, 0.4) is 0 Å². The maximum atomic E-state index is 11.6. The summed E-state index contributed by atoms with van der Waals surface area (Å²) in [4.78, 5) is -0.307. The first-order chi connectivity index (χ1) is 6.34. The predicted molar refractivity (Wildman–Crippen MR) is 52.1 cm³/mol. The van der Waals surface area contributed by atoms with Gasteiger partial charge in [-0.15, -0.1) is 0 Å². The van der Waals surface area contributed by atoms with Crippen molar-refractivity contribution in [1.29, 1.82) is 5.26 Å². The minimum absolute atomic E-state index is 0.0561. The molecule has 0 bridgehead atoms. The second kappa shape index (κ2) is 3.26. The van der Waals surface area contributed by atoms with Gasteiger partial charge in [0.2, 0.25) is 0 Å². The van der Waals surface area contributed by atoms with E-state index in [9.17, 15) is 8.42 Å². The Morgan fingerprint density at radius 3 is 2.29 bits per heavy atom. The van der Waals surface area contributed by atoms with Gasteiger partial charge in [-0.2, -0.15) is 9.57 Å². The number of rotatable bonds is 1. The van der Waals surface area contributed by atoms with E-state index in [4.69, 9.17) is 11.0 Å². The summed E-state index contributed by atoms with van der Waals surface area (Å²) in [6.45, 7) is 3.73. The molecule has 0 aromatic rings. The topological polar surface area (TPSA) is 87.2 Å². The SMILES string of the molecule is CC(C)C1C(N)=C(C#N)S(=O)(=O)N1C. The molecule has 1 atom stereocenters. The fraction of sp³-hybridized carbons (Fsp3) is 0.625. The normalized spacial score (nSPS) is 26.9. The van der Waals surface area contributed by atoms with E-state index in [1.807, 2.05) is 13.8 Å². The van der Waals surface area contributed by atoms with Crippen molar-refractivity contribution in [2.24, 2.45) is 11.7 Å². The molecule has 0 spiro atoms. The van der Waals surface area contributed by atoms with E-state index >= 15 is 0 Å². The summed E-state index contributed by atoms with van der Waals surface area (Å²) in [5.74, 6) is 0.0561. The number of nitrogens with zero attached hydrogens (tertiary/aromatic N) is 2. The number of nitriles is 1. The zero-order valence-electron chi connectivity index (χ0n) is 8.35. The number of nitrogens with two attached hydrogens (primary N) is 1. The Balaban J connectivity index is 3.35. The molecule has 0 radical (unpaired) electrons. The molecule has 1 unspecified atom stereocenters. The van der Waals surface area contributed by atoms with Gasteiger partial charge in [-0.05, 0) is 5.92 Å². The molecule has 2 N–H and O–H groups in total. The summed E-state index contributed by atoms with van der Waals surface area (Å²) in [5.41, 5.74) is 5.79. The first-order valence-corrected chi connectivity index (χ1v) is 5.65. The molecular weight excluding hydrogens is 202 g/mol. The maximum Gasteiger partial charge on any atom is 0.255 e. The van der Waals surface area contributed by atoms with Crippen molar-refractivity contribution in [3.8, 4) is 6.07 Å². The molecule has 0 aromatic carbocycles.